The van der Waals surface area contributed by atoms with E-state index in [4.69, 9.17) is 0 Å². The van der Waals surface area contributed by atoms with Crippen LogP contribution in [-0.2, 0) is 22.7 Å². The van der Waals surface area contributed by atoms with Gasteiger partial charge in [0.2, 0.25) is 5.84 Å². The van der Waals surface area contributed by atoms with Crippen LogP contribution >= 0.6 is 0 Å². The fourth-order valence-electron chi connectivity index (χ4n) is 3.05. The summed E-state index contributed by atoms with van der Waals surface area (Å²) in [5.74, 6) is -0.494. The van der Waals surface area contributed by atoms with Crippen LogP contribution in [0.5, 0.6) is 0 Å². The largest absolute Gasteiger partial charge is 0.345 e. The normalized spacial score (nSPS) is 13.6. The molecular weight excluding hydrogens is 382 g/mol. The Labute approximate surface area is 173 Å². The van der Waals surface area contributed by atoms with Crippen LogP contribution in [0.25, 0.3) is 0 Å². The summed E-state index contributed by atoms with van der Waals surface area (Å²) in [5, 5.41) is 8.29. The fraction of sp³-hybridized carbons (Fsp3) is 0.190. The maximum absolute atomic E-state index is 12.6. The van der Waals surface area contributed by atoms with E-state index in [1.54, 1.807) is 11.0 Å². The van der Waals surface area contributed by atoms with E-state index in [1.807, 2.05) is 55.5 Å². The van der Waals surface area contributed by atoms with Crippen LogP contribution in [0.15, 0.2) is 66.2 Å². The Morgan fingerprint density at radius 1 is 1.17 bits per heavy atom. The molecule has 152 valence electrons. The summed E-state index contributed by atoms with van der Waals surface area (Å²) in [4.78, 5) is 32.8. The van der Waals surface area contributed by atoms with Gasteiger partial charge in [0.15, 0.2) is 0 Å². The number of benzene rings is 2. The number of carbonyl (C=O) groups is 2. The van der Waals surface area contributed by atoms with Gasteiger partial charge >= 0.3 is 0 Å². The number of amides is 2. The maximum Gasteiger partial charge on any atom is 0.288 e. The first-order valence-corrected chi connectivity index (χ1v) is 9.47. The smallest absolute Gasteiger partial charge is 0.288 e. The lowest BCUT2D eigenvalue weighted by atomic mass is 10.1. The Morgan fingerprint density at radius 2 is 1.97 bits per heavy atom. The van der Waals surface area contributed by atoms with Gasteiger partial charge in [-0.3, -0.25) is 20.0 Å². The van der Waals surface area contributed by atoms with Crippen molar-refractivity contribution < 1.29 is 9.59 Å². The third kappa shape index (κ3) is 4.52. The van der Waals surface area contributed by atoms with Gasteiger partial charge in [-0.25, -0.2) is 14.7 Å². The number of hydrogen-bond donors (Lipinski definition) is 2. The molecule has 0 saturated heterocycles. The second-order valence-corrected chi connectivity index (χ2v) is 6.94. The number of nitrogens with one attached hydrogen (secondary N) is 2. The zero-order chi connectivity index (χ0) is 20.9. The molecular formula is C21H21N7O2. The van der Waals surface area contributed by atoms with E-state index in [0.717, 1.165) is 16.7 Å². The molecule has 0 atom stereocenters. The van der Waals surface area contributed by atoms with Gasteiger partial charge in [0.1, 0.15) is 19.2 Å². The minimum atomic E-state index is -0.374. The summed E-state index contributed by atoms with van der Waals surface area (Å²) >= 11 is 0. The van der Waals surface area contributed by atoms with Gasteiger partial charge in [-0.1, -0.05) is 42.0 Å². The van der Waals surface area contributed by atoms with Crippen molar-refractivity contribution in [3.8, 4) is 0 Å². The number of hydrogen-bond acceptors (Lipinski definition) is 6. The highest BCUT2D eigenvalue weighted by atomic mass is 16.2. The van der Waals surface area contributed by atoms with Crippen LogP contribution in [0.4, 0.5) is 5.69 Å². The Bertz CT molecular complexity index is 1070. The molecule has 9 nitrogen and oxygen atoms in total. The summed E-state index contributed by atoms with van der Waals surface area (Å²) in [6.45, 7) is 2.82. The van der Waals surface area contributed by atoms with Gasteiger partial charge < -0.3 is 5.32 Å². The van der Waals surface area contributed by atoms with E-state index in [-0.39, 0.29) is 24.2 Å². The molecule has 1 aromatic heterocycles. The zero-order valence-corrected chi connectivity index (χ0v) is 16.4. The maximum atomic E-state index is 12.6. The number of rotatable bonds is 6. The molecule has 1 aliphatic heterocycles. The topological polar surface area (TPSA) is 105 Å². The zero-order valence-electron chi connectivity index (χ0n) is 16.4. The van der Waals surface area contributed by atoms with E-state index < -0.39 is 0 Å². The molecule has 3 aromatic rings. The van der Waals surface area contributed by atoms with Crippen LogP contribution < -0.4 is 15.8 Å². The lowest BCUT2D eigenvalue weighted by molar-refractivity contribution is -0.118. The monoisotopic (exact) mass is 403 g/mol. The number of carbonyl (C=O) groups excluding carboxylic acids is 2. The second-order valence-electron chi connectivity index (χ2n) is 6.94. The predicted octanol–water partition coefficient (Wildman–Crippen LogP) is 1.20. The first-order chi connectivity index (χ1) is 14.6. The average molecular weight is 403 g/mol. The summed E-state index contributed by atoms with van der Waals surface area (Å²) in [5.41, 5.74) is 6.56. The highest BCUT2D eigenvalue weighted by Crippen LogP contribution is 2.15. The SMILES string of the molecule is Cc1ccc(N2NC(C(=O)NCc3cccc(Cn4cncn4)c3)=NCC2=O)cc1. The Morgan fingerprint density at radius 3 is 2.73 bits per heavy atom. The molecule has 1 aliphatic rings. The molecule has 30 heavy (non-hydrogen) atoms. The van der Waals surface area contributed by atoms with Gasteiger partial charge in [0, 0.05) is 6.54 Å². The summed E-state index contributed by atoms with van der Waals surface area (Å²) in [6.07, 6.45) is 3.15. The van der Waals surface area contributed by atoms with Crippen molar-refractivity contribution in [1.82, 2.24) is 25.5 Å². The van der Waals surface area contributed by atoms with E-state index in [9.17, 15) is 9.59 Å². The minimum Gasteiger partial charge on any atom is -0.345 e. The number of hydrazine groups is 1. The van der Waals surface area contributed by atoms with E-state index in [0.29, 0.717) is 18.8 Å². The lowest BCUT2D eigenvalue weighted by Gasteiger charge is -2.27. The van der Waals surface area contributed by atoms with Crippen molar-refractivity contribution >= 4 is 23.3 Å². The number of aryl methyl sites for hydroxylation is 1. The van der Waals surface area contributed by atoms with Gasteiger partial charge in [-0.2, -0.15) is 5.10 Å². The lowest BCUT2D eigenvalue weighted by Crippen LogP contribution is -2.55. The molecule has 0 saturated carbocycles. The van der Waals surface area contributed by atoms with E-state index in [2.05, 4.69) is 25.8 Å². The van der Waals surface area contributed by atoms with Crippen molar-refractivity contribution in [2.24, 2.45) is 4.99 Å². The van der Waals surface area contributed by atoms with Crippen LogP contribution in [0.3, 0.4) is 0 Å². The van der Waals surface area contributed by atoms with Crippen LogP contribution in [0.1, 0.15) is 16.7 Å². The standard InChI is InChI=1S/C21H21N7O2/c1-15-5-7-18(8-6-15)28-19(29)11-23-20(26-28)21(30)24-10-16-3-2-4-17(9-16)12-27-14-22-13-25-27/h2-9,13-14H,10-12H2,1H3,(H,23,26)(H,24,30). The highest BCUT2D eigenvalue weighted by Gasteiger charge is 2.25. The third-order valence-electron chi connectivity index (χ3n) is 4.60. The van der Waals surface area contributed by atoms with Gasteiger partial charge in [0.25, 0.3) is 11.8 Å². The van der Waals surface area contributed by atoms with Crippen LogP contribution in [0, 0.1) is 6.92 Å². The number of anilines is 1. The van der Waals surface area contributed by atoms with E-state index >= 15 is 0 Å². The fourth-order valence-corrected chi connectivity index (χ4v) is 3.05. The average Bonchev–Trinajstić information content (AvgIpc) is 3.26. The number of aliphatic imine (C=N–C) groups is 1. The summed E-state index contributed by atoms with van der Waals surface area (Å²) in [6, 6.07) is 15.3. The summed E-state index contributed by atoms with van der Waals surface area (Å²) in [7, 11) is 0. The van der Waals surface area contributed by atoms with Crippen molar-refractivity contribution in [2.75, 3.05) is 11.6 Å². The third-order valence-corrected chi connectivity index (χ3v) is 4.60. The molecule has 4 rings (SSSR count). The second kappa shape index (κ2) is 8.56. The number of amidine groups is 1. The Hall–Kier alpha value is -4.01. The predicted molar refractivity (Wildman–Crippen MR) is 112 cm³/mol. The molecule has 0 unspecified atom stereocenters. The van der Waals surface area contributed by atoms with Gasteiger partial charge in [0.05, 0.1) is 12.2 Å². The van der Waals surface area contributed by atoms with Crippen molar-refractivity contribution in [2.45, 2.75) is 20.0 Å². The number of nitrogens with zero attached hydrogens (tertiary/aromatic N) is 5. The van der Waals surface area contributed by atoms with Crippen molar-refractivity contribution in [3.63, 3.8) is 0 Å². The Balaban J connectivity index is 1.38. The molecule has 0 spiro atoms. The van der Waals surface area contributed by atoms with Gasteiger partial charge in [-0.05, 0) is 30.2 Å². The molecule has 9 heteroatoms. The van der Waals surface area contributed by atoms with Crippen LogP contribution in [0.2, 0.25) is 0 Å². The highest BCUT2D eigenvalue weighted by molar-refractivity contribution is 6.39. The molecule has 2 amide bonds. The van der Waals surface area contributed by atoms with Gasteiger partial charge in [-0.15, -0.1) is 0 Å². The molecule has 0 radical (unpaired) electrons. The molecule has 0 fully saturated rings. The number of aromatic nitrogens is 3. The van der Waals surface area contributed by atoms with E-state index in [1.165, 1.54) is 11.3 Å². The first-order valence-electron chi connectivity index (χ1n) is 9.47. The van der Waals surface area contributed by atoms with Crippen LogP contribution in [-0.4, -0.2) is 39.0 Å². The van der Waals surface area contributed by atoms with Crippen molar-refractivity contribution in [3.05, 3.63) is 77.9 Å². The molecule has 0 bridgehead atoms. The molecule has 2 aromatic carbocycles. The molecule has 2 N–H and O–H groups in total. The molecule has 0 aliphatic carbocycles. The molecule has 2 heterocycles. The Kier molecular flexibility index (Phi) is 5.51. The summed E-state index contributed by atoms with van der Waals surface area (Å²) < 4.78 is 1.73. The quantitative estimate of drug-likeness (QED) is 0.644. The van der Waals surface area contributed by atoms with Crippen molar-refractivity contribution in [1.29, 1.82) is 0 Å². The first kappa shape index (κ1) is 19.3. The minimum absolute atomic E-state index is 0.0863.